The van der Waals surface area contributed by atoms with E-state index in [4.69, 9.17) is 0 Å². The number of fused-ring (bicyclic) bond motifs is 1. The van der Waals surface area contributed by atoms with Gasteiger partial charge in [-0.3, -0.25) is 14.6 Å². The molecule has 1 aromatic carbocycles. The van der Waals surface area contributed by atoms with Crippen molar-refractivity contribution in [3.8, 4) is 0 Å². The number of rotatable bonds is 6. The van der Waals surface area contributed by atoms with Gasteiger partial charge in [0, 0.05) is 39.3 Å². The Bertz CT molecular complexity index is 681. The Morgan fingerprint density at radius 1 is 0.897 bits per heavy atom. The van der Waals surface area contributed by atoms with Crippen LogP contribution >= 0.6 is 0 Å². The second-order valence-corrected chi connectivity index (χ2v) is 10.6. The van der Waals surface area contributed by atoms with Gasteiger partial charge in [-0.1, -0.05) is 43.2 Å². The second kappa shape index (κ2) is 8.39. The second-order valence-electron chi connectivity index (χ2n) is 10.6. The van der Waals surface area contributed by atoms with Gasteiger partial charge in [-0.25, -0.2) is 0 Å². The molecular weight excluding hydrogens is 358 g/mol. The molecule has 4 nitrogen and oxygen atoms in total. The van der Waals surface area contributed by atoms with Gasteiger partial charge in [-0.05, 0) is 60.8 Å². The number of carbonyl (C=O) groups is 1. The predicted octanol–water partition coefficient (Wildman–Crippen LogP) is 3.53. The molecule has 0 radical (unpaired) electrons. The van der Waals surface area contributed by atoms with E-state index in [1.54, 1.807) is 0 Å². The number of hydrogen-bond donors (Lipinski definition) is 1. The molecule has 0 aromatic heterocycles. The summed E-state index contributed by atoms with van der Waals surface area (Å²) in [5.74, 6) is 3.08. The summed E-state index contributed by atoms with van der Waals surface area (Å²) in [6.45, 7) is 6.63. The highest BCUT2D eigenvalue weighted by Crippen LogP contribution is 2.57. The third-order valence-electron chi connectivity index (χ3n) is 8.22. The molecule has 2 unspecified atom stereocenters. The number of hydrogen-bond acceptors (Lipinski definition) is 3. The molecule has 1 amide bonds. The zero-order valence-electron chi connectivity index (χ0n) is 17.8. The molecule has 4 bridgehead atoms. The smallest absolute Gasteiger partial charge is 0.234 e. The van der Waals surface area contributed by atoms with Crippen molar-refractivity contribution in [2.45, 2.75) is 51.5 Å². The van der Waals surface area contributed by atoms with Crippen LogP contribution in [0.15, 0.2) is 30.3 Å². The molecule has 1 heterocycles. The summed E-state index contributed by atoms with van der Waals surface area (Å²) in [6.07, 6.45) is 9.96. The van der Waals surface area contributed by atoms with E-state index in [0.717, 1.165) is 57.0 Å². The molecule has 158 valence electrons. The number of nitrogens with one attached hydrogen (secondary N) is 1. The zero-order chi connectivity index (χ0) is 19.7. The molecule has 1 saturated heterocycles. The highest BCUT2D eigenvalue weighted by atomic mass is 16.2. The number of nitrogens with zero attached hydrogens (tertiary/aromatic N) is 2. The summed E-state index contributed by atoms with van der Waals surface area (Å²) >= 11 is 0. The lowest BCUT2D eigenvalue weighted by Gasteiger charge is -2.48. The molecule has 0 spiro atoms. The van der Waals surface area contributed by atoms with Crippen LogP contribution in [0.3, 0.4) is 0 Å². The average Bonchev–Trinajstić information content (AvgIpc) is 2.94. The Kier molecular flexibility index (Phi) is 5.66. The summed E-state index contributed by atoms with van der Waals surface area (Å²) in [6, 6.07) is 10.7. The molecule has 4 heteroatoms. The van der Waals surface area contributed by atoms with Crippen LogP contribution in [0.4, 0.5) is 0 Å². The first kappa shape index (κ1) is 19.6. The van der Waals surface area contributed by atoms with Crippen LogP contribution in [-0.2, 0) is 11.3 Å². The lowest BCUT2D eigenvalue weighted by atomic mass is 9.58. The van der Waals surface area contributed by atoms with Crippen molar-refractivity contribution in [1.82, 2.24) is 15.1 Å². The third kappa shape index (κ3) is 4.69. The normalized spacial score (nSPS) is 34.8. The maximum atomic E-state index is 12.7. The third-order valence-corrected chi connectivity index (χ3v) is 8.22. The molecule has 4 aliphatic carbocycles. The minimum absolute atomic E-state index is 0.246. The molecule has 1 aliphatic heterocycles. The minimum atomic E-state index is 0.246. The molecule has 29 heavy (non-hydrogen) atoms. The highest BCUT2D eigenvalue weighted by molar-refractivity contribution is 5.78. The minimum Gasteiger partial charge on any atom is -0.354 e. The van der Waals surface area contributed by atoms with Gasteiger partial charge >= 0.3 is 0 Å². The molecule has 5 aliphatic rings. The SMILES string of the molecule is O=C(CN1CCN(Cc2ccccc2)CC1)NCC12CC3C[C@@H](CC[C@@H](C3)C1)C2. The van der Waals surface area contributed by atoms with Gasteiger partial charge in [0.15, 0.2) is 0 Å². The molecule has 4 saturated carbocycles. The van der Waals surface area contributed by atoms with Gasteiger partial charge in [0.2, 0.25) is 5.91 Å². The summed E-state index contributed by atoms with van der Waals surface area (Å²) in [7, 11) is 0. The van der Waals surface area contributed by atoms with Crippen LogP contribution in [0, 0.1) is 23.2 Å². The molecule has 5 fully saturated rings. The number of amides is 1. The zero-order valence-corrected chi connectivity index (χ0v) is 17.8. The van der Waals surface area contributed by atoms with Crippen molar-refractivity contribution in [2.75, 3.05) is 39.3 Å². The first-order valence-electron chi connectivity index (χ1n) is 11.9. The number of benzene rings is 1. The van der Waals surface area contributed by atoms with E-state index in [1.807, 2.05) is 0 Å². The first-order valence-corrected chi connectivity index (χ1v) is 11.9. The molecule has 1 N–H and O–H groups in total. The predicted molar refractivity (Wildman–Crippen MR) is 116 cm³/mol. The Hall–Kier alpha value is -1.39. The summed E-state index contributed by atoms with van der Waals surface area (Å²) in [5.41, 5.74) is 1.81. The van der Waals surface area contributed by atoms with E-state index < -0.39 is 0 Å². The molecule has 4 atom stereocenters. The standard InChI is InChI=1S/C25H37N3O/c29-24(18-28-10-8-27(9-11-28)17-20-4-2-1-3-5-20)26-19-25-14-21-6-7-22(15-25)13-23(12-21)16-25/h1-5,21-23H,6-19H2,(H,26,29)/t21-,22+,23?,25?. The Labute approximate surface area is 176 Å². The lowest BCUT2D eigenvalue weighted by Crippen LogP contribution is -2.51. The van der Waals surface area contributed by atoms with E-state index in [9.17, 15) is 4.79 Å². The van der Waals surface area contributed by atoms with Crippen molar-refractivity contribution >= 4 is 5.91 Å². The van der Waals surface area contributed by atoms with Crippen LogP contribution in [0.1, 0.15) is 50.5 Å². The van der Waals surface area contributed by atoms with Crippen molar-refractivity contribution in [3.05, 3.63) is 35.9 Å². The van der Waals surface area contributed by atoms with Gasteiger partial charge in [0.1, 0.15) is 0 Å². The summed E-state index contributed by atoms with van der Waals surface area (Å²) in [4.78, 5) is 17.5. The largest absolute Gasteiger partial charge is 0.354 e. The van der Waals surface area contributed by atoms with Crippen molar-refractivity contribution in [2.24, 2.45) is 23.2 Å². The highest BCUT2D eigenvalue weighted by Gasteiger charge is 2.48. The maximum absolute atomic E-state index is 12.7. The van der Waals surface area contributed by atoms with E-state index in [1.165, 1.54) is 50.5 Å². The van der Waals surface area contributed by atoms with Crippen molar-refractivity contribution in [1.29, 1.82) is 0 Å². The van der Waals surface area contributed by atoms with Gasteiger partial charge in [-0.2, -0.15) is 0 Å². The molecule has 1 aromatic rings. The Balaban J connectivity index is 1.06. The molecular formula is C25H37N3O. The fraction of sp³-hybridized carbons (Fsp3) is 0.720. The van der Waals surface area contributed by atoms with Crippen LogP contribution < -0.4 is 5.32 Å². The fourth-order valence-corrected chi connectivity index (χ4v) is 7.08. The van der Waals surface area contributed by atoms with Crippen LogP contribution in [0.2, 0.25) is 0 Å². The van der Waals surface area contributed by atoms with E-state index >= 15 is 0 Å². The van der Waals surface area contributed by atoms with Gasteiger partial charge in [0.05, 0.1) is 6.54 Å². The Morgan fingerprint density at radius 3 is 2.21 bits per heavy atom. The fourth-order valence-electron chi connectivity index (χ4n) is 7.08. The monoisotopic (exact) mass is 395 g/mol. The van der Waals surface area contributed by atoms with Crippen LogP contribution in [-0.4, -0.2) is 55.0 Å². The average molecular weight is 396 g/mol. The number of piperazine rings is 1. The maximum Gasteiger partial charge on any atom is 0.234 e. The van der Waals surface area contributed by atoms with Gasteiger partial charge in [-0.15, -0.1) is 0 Å². The van der Waals surface area contributed by atoms with Gasteiger partial charge in [0.25, 0.3) is 0 Å². The first-order chi connectivity index (χ1) is 14.2. The van der Waals surface area contributed by atoms with E-state index in [2.05, 4.69) is 45.4 Å². The van der Waals surface area contributed by atoms with Crippen molar-refractivity contribution in [3.63, 3.8) is 0 Å². The van der Waals surface area contributed by atoms with E-state index in [0.29, 0.717) is 12.0 Å². The lowest BCUT2D eigenvalue weighted by molar-refractivity contribution is -0.123. The molecule has 6 rings (SSSR count). The van der Waals surface area contributed by atoms with Crippen LogP contribution in [0.5, 0.6) is 0 Å². The van der Waals surface area contributed by atoms with Crippen LogP contribution in [0.25, 0.3) is 0 Å². The summed E-state index contributed by atoms with van der Waals surface area (Å²) < 4.78 is 0. The van der Waals surface area contributed by atoms with E-state index in [-0.39, 0.29) is 5.91 Å². The Morgan fingerprint density at radius 2 is 1.52 bits per heavy atom. The summed E-state index contributed by atoms with van der Waals surface area (Å²) in [5, 5.41) is 3.37. The van der Waals surface area contributed by atoms with Gasteiger partial charge < -0.3 is 5.32 Å². The number of carbonyl (C=O) groups excluding carboxylic acids is 1. The topological polar surface area (TPSA) is 35.6 Å². The quantitative estimate of drug-likeness (QED) is 0.800. The van der Waals surface area contributed by atoms with Crippen molar-refractivity contribution < 1.29 is 4.79 Å².